The Morgan fingerprint density at radius 1 is 1.14 bits per heavy atom. The zero-order valence-corrected chi connectivity index (χ0v) is 13.3. The number of hydrogen-bond donors (Lipinski definition) is 2. The number of phenolic OH excluding ortho intramolecular Hbond substituents is 1. The van der Waals surface area contributed by atoms with Gasteiger partial charge in [0.15, 0.2) is 0 Å². The molecular formula is C15H11Cl3N2O. The summed E-state index contributed by atoms with van der Waals surface area (Å²) >= 11 is 18.2. The normalized spacial score (nSPS) is 11.2. The molecule has 2 aromatic carbocycles. The minimum absolute atomic E-state index is 0.133. The molecule has 3 nitrogen and oxygen atoms in total. The predicted octanol–water partition coefficient (Wildman–Crippen LogP) is 5.46. The van der Waals surface area contributed by atoms with Crippen molar-refractivity contribution in [1.29, 1.82) is 0 Å². The number of nitrogens with one attached hydrogen (secondary N) is 1. The number of fused-ring (bicyclic) bond motifs is 1. The summed E-state index contributed by atoms with van der Waals surface area (Å²) in [5.74, 6) is 0.297. The van der Waals surface area contributed by atoms with Crippen molar-refractivity contribution < 1.29 is 5.11 Å². The summed E-state index contributed by atoms with van der Waals surface area (Å²) in [6.07, 6.45) is 0.930. The van der Waals surface area contributed by atoms with Crippen LogP contribution < -0.4 is 0 Å². The lowest BCUT2D eigenvalue weighted by atomic mass is 10.1. The van der Waals surface area contributed by atoms with E-state index in [1.54, 1.807) is 0 Å². The molecule has 6 heteroatoms. The van der Waals surface area contributed by atoms with E-state index in [9.17, 15) is 5.11 Å². The second-order valence-corrected chi connectivity index (χ2v) is 5.86. The van der Waals surface area contributed by atoms with Crippen LogP contribution in [0.4, 0.5) is 0 Å². The lowest BCUT2D eigenvalue weighted by molar-refractivity contribution is 0.477. The summed E-state index contributed by atoms with van der Waals surface area (Å²) in [7, 11) is 0. The van der Waals surface area contributed by atoms with E-state index in [0.29, 0.717) is 11.4 Å². The molecule has 21 heavy (non-hydrogen) atoms. The Labute approximate surface area is 136 Å². The van der Waals surface area contributed by atoms with Gasteiger partial charge in [-0.2, -0.15) is 0 Å². The van der Waals surface area contributed by atoms with Crippen LogP contribution in [0, 0.1) is 0 Å². The van der Waals surface area contributed by atoms with Gasteiger partial charge in [-0.15, -0.1) is 0 Å². The van der Waals surface area contributed by atoms with E-state index in [2.05, 4.69) is 16.9 Å². The molecule has 0 aliphatic rings. The first kappa shape index (κ1) is 14.5. The fourth-order valence-electron chi connectivity index (χ4n) is 2.20. The fraction of sp³-hybridized carbons (Fsp3) is 0.133. The SMILES string of the molecule is CCc1ccc2nc(-c3c(O)c(Cl)cc(Cl)c3Cl)[nH]c2c1. The van der Waals surface area contributed by atoms with Gasteiger partial charge in [0.25, 0.3) is 0 Å². The van der Waals surface area contributed by atoms with E-state index in [4.69, 9.17) is 34.8 Å². The second-order valence-electron chi connectivity index (χ2n) is 4.67. The highest BCUT2D eigenvalue weighted by Gasteiger charge is 2.19. The summed E-state index contributed by atoms with van der Waals surface area (Å²) < 4.78 is 0. The number of aromatic hydroxyl groups is 1. The maximum atomic E-state index is 10.1. The highest BCUT2D eigenvalue weighted by atomic mass is 35.5. The molecule has 0 saturated carbocycles. The number of phenols is 1. The molecule has 3 rings (SSSR count). The number of benzene rings is 2. The number of halogens is 3. The van der Waals surface area contributed by atoms with Crippen LogP contribution in [0.5, 0.6) is 5.75 Å². The molecule has 0 atom stereocenters. The third-order valence-electron chi connectivity index (χ3n) is 3.34. The number of H-pyrrole nitrogens is 1. The van der Waals surface area contributed by atoms with Crippen molar-refractivity contribution in [2.75, 3.05) is 0 Å². The van der Waals surface area contributed by atoms with Crippen molar-refractivity contribution >= 4 is 45.8 Å². The maximum absolute atomic E-state index is 10.1. The first-order chi connectivity index (χ1) is 10.0. The van der Waals surface area contributed by atoms with Gasteiger partial charge in [0, 0.05) is 0 Å². The van der Waals surface area contributed by atoms with Gasteiger partial charge in [-0.3, -0.25) is 0 Å². The molecule has 1 aromatic heterocycles. The van der Waals surface area contributed by atoms with E-state index in [1.165, 1.54) is 11.6 Å². The smallest absolute Gasteiger partial charge is 0.146 e. The van der Waals surface area contributed by atoms with Crippen molar-refractivity contribution in [3.63, 3.8) is 0 Å². The highest BCUT2D eigenvalue weighted by Crippen LogP contribution is 2.43. The Balaban J connectivity index is 2.26. The van der Waals surface area contributed by atoms with Crippen LogP contribution >= 0.6 is 34.8 Å². The monoisotopic (exact) mass is 340 g/mol. The maximum Gasteiger partial charge on any atom is 0.146 e. The van der Waals surface area contributed by atoms with Gasteiger partial charge in [-0.25, -0.2) is 4.98 Å². The Morgan fingerprint density at radius 2 is 1.90 bits per heavy atom. The molecule has 108 valence electrons. The summed E-state index contributed by atoms with van der Waals surface area (Å²) in [5.41, 5.74) is 3.16. The zero-order chi connectivity index (χ0) is 15.1. The molecule has 3 aromatic rings. The summed E-state index contributed by atoms with van der Waals surface area (Å²) in [6, 6.07) is 7.36. The van der Waals surface area contributed by atoms with Gasteiger partial charge in [0.1, 0.15) is 11.6 Å². The minimum Gasteiger partial charge on any atom is -0.506 e. The third-order valence-corrected chi connectivity index (χ3v) is 4.41. The van der Waals surface area contributed by atoms with E-state index >= 15 is 0 Å². The van der Waals surface area contributed by atoms with Crippen LogP contribution in [0.15, 0.2) is 24.3 Å². The first-order valence-corrected chi connectivity index (χ1v) is 7.50. The molecule has 0 unspecified atom stereocenters. The second kappa shape index (κ2) is 5.41. The molecule has 1 heterocycles. The summed E-state index contributed by atoms with van der Waals surface area (Å²) in [6.45, 7) is 2.08. The van der Waals surface area contributed by atoms with Crippen molar-refractivity contribution in [2.45, 2.75) is 13.3 Å². The van der Waals surface area contributed by atoms with E-state index < -0.39 is 0 Å². The zero-order valence-electron chi connectivity index (χ0n) is 11.0. The van der Waals surface area contributed by atoms with Crippen LogP contribution in [0.2, 0.25) is 15.1 Å². The van der Waals surface area contributed by atoms with E-state index in [0.717, 1.165) is 17.5 Å². The molecule has 0 bridgehead atoms. The summed E-state index contributed by atoms with van der Waals surface area (Å²) in [5, 5.41) is 10.8. The lowest BCUT2D eigenvalue weighted by Crippen LogP contribution is -1.86. The summed E-state index contributed by atoms with van der Waals surface area (Å²) in [4.78, 5) is 7.59. The molecule has 0 aliphatic heterocycles. The number of imidazole rings is 1. The van der Waals surface area contributed by atoms with Crippen molar-refractivity contribution in [3.8, 4) is 17.1 Å². The van der Waals surface area contributed by atoms with Gasteiger partial charge in [-0.1, -0.05) is 47.8 Å². The Hall–Kier alpha value is -1.42. The number of aromatic nitrogens is 2. The highest BCUT2D eigenvalue weighted by molar-refractivity contribution is 6.45. The van der Waals surface area contributed by atoms with Gasteiger partial charge in [0.2, 0.25) is 0 Å². The van der Waals surface area contributed by atoms with Crippen LogP contribution in [-0.4, -0.2) is 15.1 Å². The average Bonchev–Trinajstić information content (AvgIpc) is 2.87. The number of hydrogen-bond acceptors (Lipinski definition) is 2. The quantitative estimate of drug-likeness (QED) is 0.608. The average molecular weight is 342 g/mol. The number of rotatable bonds is 2. The van der Waals surface area contributed by atoms with Gasteiger partial charge < -0.3 is 10.1 Å². The molecule has 0 amide bonds. The number of aryl methyl sites for hydroxylation is 1. The van der Waals surface area contributed by atoms with E-state index in [1.807, 2.05) is 18.2 Å². The largest absolute Gasteiger partial charge is 0.506 e. The first-order valence-electron chi connectivity index (χ1n) is 6.36. The Bertz CT molecular complexity index is 816. The number of nitrogens with zero attached hydrogens (tertiary/aromatic N) is 1. The molecule has 0 spiro atoms. The Kier molecular flexibility index (Phi) is 3.74. The lowest BCUT2D eigenvalue weighted by Gasteiger charge is -2.07. The molecular weight excluding hydrogens is 331 g/mol. The fourth-order valence-corrected chi connectivity index (χ4v) is 2.89. The molecule has 0 saturated heterocycles. The van der Waals surface area contributed by atoms with E-state index in [-0.39, 0.29) is 20.8 Å². The van der Waals surface area contributed by atoms with Crippen LogP contribution in [0.1, 0.15) is 12.5 Å². The standard InChI is InChI=1S/C15H11Cl3N2O/c1-2-7-3-4-10-11(5-7)20-15(19-10)12-13(18)8(16)6-9(17)14(12)21/h3-6,21H,2H2,1H3,(H,19,20). The van der Waals surface area contributed by atoms with Crippen LogP contribution in [0.25, 0.3) is 22.4 Å². The van der Waals surface area contributed by atoms with Crippen molar-refractivity contribution in [3.05, 3.63) is 44.9 Å². The van der Waals surface area contributed by atoms with Crippen molar-refractivity contribution in [2.24, 2.45) is 0 Å². The Morgan fingerprint density at radius 3 is 2.62 bits per heavy atom. The molecule has 0 radical (unpaired) electrons. The number of aromatic amines is 1. The van der Waals surface area contributed by atoms with Gasteiger partial charge in [-0.05, 0) is 30.2 Å². The predicted molar refractivity (Wildman–Crippen MR) is 87.6 cm³/mol. The van der Waals surface area contributed by atoms with Gasteiger partial charge >= 0.3 is 0 Å². The molecule has 0 aliphatic carbocycles. The van der Waals surface area contributed by atoms with Crippen LogP contribution in [-0.2, 0) is 6.42 Å². The molecule has 0 fully saturated rings. The molecule has 2 N–H and O–H groups in total. The van der Waals surface area contributed by atoms with Gasteiger partial charge in [0.05, 0.1) is 31.7 Å². The topological polar surface area (TPSA) is 48.9 Å². The third kappa shape index (κ3) is 2.46. The minimum atomic E-state index is -0.138. The van der Waals surface area contributed by atoms with Crippen molar-refractivity contribution in [1.82, 2.24) is 9.97 Å². The van der Waals surface area contributed by atoms with Crippen LogP contribution in [0.3, 0.4) is 0 Å².